The van der Waals surface area contributed by atoms with Crippen LogP contribution in [0.3, 0.4) is 0 Å². The summed E-state index contributed by atoms with van der Waals surface area (Å²) < 4.78 is 0. The van der Waals surface area contributed by atoms with E-state index >= 15 is 0 Å². The third-order valence-electron chi connectivity index (χ3n) is 2.89. The molecule has 1 heteroatoms. The van der Waals surface area contributed by atoms with Crippen LogP contribution in [0.4, 0.5) is 5.69 Å². The second-order valence-corrected chi connectivity index (χ2v) is 6.41. The monoisotopic (exact) mass is 241 g/mol. The Kier molecular flexibility index (Phi) is 4.12. The van der Waals surface area contributed by atoms with Gasteiger partial charge in [0.25, 0.3) is 0 Å². The number of hydrogen-bond acceptors (Lipinski definition) is 1. The molecule has 0 aliphatic heterocycles. The average molecular weight is 241 g/mol. The zero-order valence-corrected chi connectivity index (χ0v) is 12.1. The highest BCUT2D eigenvalue weighted by atomic mass is 15.2. The standard InChI is InChI=1S/C17H23N/c1-8-17(6,7)18(13-16(3,4)5)15-12-10-9-11-14(15)2/h1-2,9-12H,13H2,3-7H3. The number of para-hydroxylation sites is 1. The normalized spacial score (nSPS) is 12.1. The van der Waals surface area contributed by atoms with E-state index in [4.69, 9.17) is 13.3 Å². The number of nitrogens with zero attached hydrogens (tertiary/aromatic N) is 1. The van der Waals surface area contributed by atoms with Gasteiger partial charge in [0.1, 0.15) is 0 Å². The lowest BCUT2D eigenvalue weighted by molar-refractivity contribution is 0.381. The highest BCUT2D eigenvalue weighted by Crippen LogP contribution is 2.30. The lowest BCUT2D eigenvalue weighted by Gasteiger charge is -2.41. The zero-order chi connectivity index (χ0) is 14.0. The van der Waals surface area contributed by atoms with Crippen LogP contribution in [0.15, 0.2) is 24.3 Å². The van der Waals surface area contributed by atoms with E-state index in [1.165, 1.54) is 0 Å². The molecule has 0 saturated heterocycles. The van der Waals surface area contributed by atoms with E-state index in [0.717, 1.165) is 17.8 Å². The molecule has 96 valence electrons. The van der Waals surface area contributed by atoms with Gasteiger partial charge in [0, 0.05) is 19.2 Å². The summed E-state index contributed by atoms with van der Waals surface area (Å²) in [7, 11) is 0. The molecule has 0 bridgehead atoms. The Morgan fingerprint density at radius 1 is 1.11 bits per heavy atom. The maximum absolute atomic E-state index is 6.08. The Hall–Kier alpha value is -1.42. The first-order valence-corrected chi connectivity index (χ1v) is 6.27. The molecule has 2 radical (unpaired) electrons. The molecule has 0 unspecified atom stereocenters. The van der Waals surface area contributed by atoms with Crippen molar-refractivity contribution in [2.24, 2.45) is 5.41 Å². The van der Waals surface area contributed by atoms with E-state index in [1.807, 2.05) is 38.1 Å². The molecule has 0 atom stereocenters. The molecular formula is C17H23N. The van der Waals surface area contributed by atoms with Crippen molar-refractivity contribution in [1.29, 1.82) is 0 Å². The van der Waals surface area contributed by atoms with Crippen molar-refractivity contribution in [2.45, 2.75) is 40.2 Å². The van der Waals surface area contributed by atoms with Crippen molar-refractivity contribution in [1.82, 2.24) is 0 Å². The molecule has 0 saturated carbocycles. The van der Waals surface area contributed by atoms with Gasteiger partial charge in [-0.2, -0.15) is 0 Å². The number of hydrogen-bond donors (Lipinski definition) is 0. The Morgan fingerprint density at radius 3 is 2.11 bits per heavy atom. The topological polar surface area (TPSA) is 3.24 Å². The molecule has 0 aliphatic carbocycles. The largest absolute Gasteiger partial charge is 0.355 e. The summed E-state index contributed by atoms with van der Waals surface area (Å²) in [5.41, 5.74) is 1.57. The van der Waals surface area contributed by atoms with Gasteiger partial charge in [-0.15, -0.1) is 6.42 Å². The number of anilines is 1. The molecule has 1 aromatic carbocycles. The number of benzene rings is 1. The molecule has 1 rings (SSSR count). The van der Waals surface area contributed by atoms with Gasteiger partial charge in [-0.25, -0.2) is 0 Å². The first-order valence-electron chi connectivity index (χ1n) is 6.27. The summed E-state index contributed by atoms with van der Waals surface area (Å²) in [6.07, 6.45) is 5.68. The van der Waals surface area contributed by atoms with Crippen LogP contribution in [-0.2, 0) is 0 Å². The van der Waals surface area contributed by atoms with Crippen LogP contribution in [0, 0.1) is 24.7 Å². The first kappa shape index (κ1) is 14.6. The molecule has 1 aromatic rings. The third-order valence-corrected chi connectivity index (χ3v) is 2.89. The first-order chi connectivity index (χ1) is 8.17. The quantitative estimate of drug-likeness (QED) is 0.723. The number of rotatable bonds is 3. The van der Waals surface area contributed by atoms with Crippen LogP contribution in [0.25, 0.3) is 0 Å². The Bertz CT molecular complexity index is 443. The molecule has 0 fully saturated rings. The molecule has 0 heterocycles. The van der Waals surface area contributed by atoms with Crippen molar-refractivity contribution in [3.63, 3.8) is 0 Å². The molecule has 0 aliphatic rings. The summed E-state index contributed by atoms with van der Waals surface area (Å²) >= 11 is 0. The van der Waals surface area contributed by atoms with E-state index in [0.29, 0.717) is 0 Å². The molecule has 1 nitrogen and oxygen atoms in total. The fraction of sp³-hybridized carbons (Fsp3) is 0.471. The maximum Gasteiger partial charge on any atom is 0.0953 e. The summed E-state index contributed by atoms with van der Waals surface area (Å²) in [4.78, 5) is 2.21. The second kappa shape index (κ2) is 5.06. The minimum absolute atomic E-state index is 0.149. The lowest BCUT2D eigenvalue weighted by Crippen LogP contribution is -2.47. The van der Waals surface area contributed by atoms with Gasteiger partial charge in [0.2, 0.25) is 0 Å². The highest BCUT2D eigenvalue weighted by Gasteiger charge is 2.29. The SMILES string of the molecule is [CH]c1ccccc1N(CC(C)(C)C)C(C)(C)C#C. The van der Waals surface area contributed by atoms with E-state index in [-0.39, 0.29) is 11.0 Å². The minimum Gasteiger partial charge on any atom is -0.355 e. The molecule has 18 heavy (non-hydrogen) atoms. The van der Waals surface area contributed by atoms with Crippen LogP contribution < -0.4 is 4.90 Å². The summed E-state index contributed by atoms with van der Waals surface area (Å²) in [6, 6.07) is 7.88. The Labute approximate surface area is 112 Å². The van der Waals surface area contributed by atoms with E-state index in [1.54, 1.807) is 0 Å². The van der Waals surface area contributed by atoms with Crippen LogP contribution in [0.2, 0.25) is 0 Å². The summed E-state index contributed by atoms with van der Waals surface area (Å²) in [6.45, 7) is 17.6. The van der Waals surface area contributed by atoms with Crippen LogP contribution in [0.5, 0.6) is 0 Å². The van der Waals surface area contributed by atoms with Crippen molar-refractivity contribution in [3.8, 4) is 12.3 Å². The van der Waals surface area contributed by atoms with Crippen molar-refractivity contribution < 1.29 is 0 Å². The van der Waals surface area contributed by atoms with Gasteiger partial charge >= 0.3 is 0 Å². The fourth-order valence-electron chi connectivity index (χ4n) is 1.87. The minimum atomic E-state index is -0.358. The Balaban J connectivity index is 3.23. The van der Waals surface area contributed by atoms with E-state index in [9.17, 15) is 0 Å². The molecule has 0 spiro atoms. The summed E-state index contributed by atoms with van der Waals surface area (Å²) in [5, 5.41) is 0. The van der Waals surface area contributed by atoms with Crippen molar-refractivity contribution in [3.05, 3.63) is 36.8 Å². The smallest absolute Gasteiger partial charge is 0.0953 e. The van der Waals surface area contributed by atoms with Crippen molar-refractivity contribution >= 4 is 5.69 Å². The maximum atomic E-state index is 6.08. The fourth-order valence-corrected chi connectivity index (χ4v) is 1.87. The van der Waals surface area contributed by atoms with Gasteiger partial charge < -0.3 is 4.90 Å². The van der Waals surface area contributed by atoms with Gasteiger partial charge in [-0.1, -0.05) is 44.9 Å². The van der Waals surface area contributed by atoms with Gasteiger partial charge in [0.15, 0.2) is 0 Å². The van der Waals surface area contributed by atoms with Crippen LogP contribution in [0.1, 0.15) is 40.2 Å². The lowest BCUT2D eigenvalue weighted by atomic mass is 9.91. The predicted octanol–water partition coefficient (Wildman–Crippen LogP) is 4.01. The molecule has 0 N–H and O–H groups in total. The van der Waals surface area contributed by atoms with Gasteiger partial charge in [-0.05, 0) is 30.9 Å². The molecule has 0 aromatic heterocycles. The second-order valence-electron chi connectivity index (χ2n) is 6.41. The van der Waals surface area contributed by atoms with Crippen molar-refractivity contribution in [2.75, 3.05) is 11.4 Å². The third kappa shape index (κ3) is 3.53. The summed E-state index contributed by atoms with van der Waals surface area (Å²) in [5.74, 6) is 2.86. The molecular weight excluding hydrogens is 218 g/mol. The van der Waals surface area contributed by atoms with Crippen LogP contribution in [-0.4, -0.2) is 12.1 Å². The zero-order valence-electron chi connectivity index (χ0n) is 12.1. The van der Waals surface area contributed by atoms with E-state index < -0.39 is 0 Å². The molecule has 0 amide bonds. The van der Waals surface area contributed by atoms with Crippen LogP contribution >= 0.6 is 0 Å². The van der Waals surface area contributed by atoms with E-state index in [2.05, 4.69) is 31.6 Å². The highest BCUT2D eigenvalue weighted by molar-refractivity contribution is 5.58. The predicted molar refractivity (Wildman–Crippen MR) is 79.6 cm³/mol. The number of terminal acetylenes is 1. The van der Waals surface area contributed by atoms with Gasteiger partial charge in [0.05, 0.1) is 5.54 Å². The van der Waals surface area contributed by atoms with Gasteiger partial charge in [-0.3, -0.25) is 0 Å². The Morgan fingerprint density at radius 2 is 1.67 bits per heavy atom. The average Bonchev–Trinajstić information content (AvgIpc) is 2.26.